The van der Waals surface area contributed by atoms with Crippen LogP contribution in [0.15, 0.2) is 0 Å². The molecule has 0 saturated carbocycles. The SMILES string of the molecule is CCCCNC(=O)N1CCC2(CC1)CNC(=O)C2. The van der Waals surface area contributed by atoms with Crippen LogP contribution in [0, 0.1) is 5.41 Å². The normalized spacial score (nSPS) is 22.1. The second-order valence-corrected chi connectivity index (χ2v) is 5.53. The van der Waals surface area contributed by atoms with Crippen molar-refractivity contribution in [2.45, 2.75) is 39.0 Å². The molecule has 2 heterocycles. The molecule has 0 aromatic heterocycles. The molecule has 18 heavy (non-hydrogen) atoms. The molecule has 1 spiro atoms. The predicted molar refractivity (Wildman–Crippen MR) is 69.2 cm³/mol. The molecule has 2 rings (SSSR count). The highest BCUT2D eigenvalue weighted by molar-refractivity contribution is 5.79. The van der Waals surface area contributed by atoms with Crippen LogP contribution in [0.3, 0.4) is 0 Å². The number of rotatable bonds is 3. The third-order valence-electron chi connectivity index (χ3n) is 4.11. The fourth-order valence-electron chi connectivity index (χ4n) is 2.77. The van der Waals surface area contributed by atoms with E-state index in [1.165, 1.54) is 0 Å². The maximum absolute atomic E-state index is 11.9. The minimum absolute atomic E-state index is 0.0515. The molecule has 2 saturated heterocycles. The summed E-state index contributed by atoms with van der Waals surface area (Å²) in [6, 6.07) is 0.0515. The number of carbonyl (C=O) groups excluding carboxylic acids is 2. The molecule has 0 radical (unpaired) electrons. The zero-order valence-electron chi connectivity index (χ0n) is 11.1. The van der Waals surface area contributed by atoms with Gasteiger partial charge < -0.3 is 15.5 Å². The van der Waals surface area contributed by atoms with E-state index in [2.05, 4.69) is 17.6 Å². The van der Waals surface area contributed by atoms with Gasteiger partial charge in [0.1, 0.15) is 0 Å². The largest absolute Gasteiger partial charge is 0.356 e. The maximum atomic E-state index is 11.9. The molecule has 5 heteroatoms. The van der Waals surface area contributed by atoms with E-state index in [1.54, 1.807) is 0 Å². The number of unbranched alkanes of at least 4 members (excludes halogenated alkanes) is 1. The van der Waals surface area contributed by atoms with Gasteiger partial charge in [-0.05, 0) is 24.7 Å². The molecule has 0 aromatic carbocycles. The van der Waals surface area contributed by atoms with Gasteiger partial charge in [-0.15, -0.1) is 0 Å². The number of hydrogen-bond acceptors (Lipinski definition) is 2. The molecular weight excluding hydrogens is 230 g/mol. The summed E-state index contributed by atoms with van der Waals surface area (Å²) in [5.74, 6) is 0.163. The summed E-state index contributed by atoms with van der Waals surface area (Å²) >= 11 is 0. The van der Waals surface area contributed by atoms with Gasteiger partial charge in [0.05, 0.1) is 0 Å². The number of likely N-dealkylation sites (tertiary alicyclic amines) is 1. The zero-order valence-corrected chi connectivity index (χ0v) is 11.1. The van der Waals surface area contributed by atoms with E-state index in [0.29, 0.717) is 6.42 Å². The van der Waals surface area contributed by atoms with Crippen molar-refractivity contribution in [3.8, 4) is 0 Å². The smallest absolute Gasteiger partial charge is 0.317 e. The summed E-state index contributed by atoms with van der Waals surface area (Å²) in [7, 11) is 0. The lowest BCUT2D eigenvalue weighted by atomic mass is 9.78. The van der Waals surface area contributed by atoms with Gasteiger partial charge in [-0.25, -0.2) is 4.79 Å². The van der Waals surface area contributed by atoms with Gasteiger partial charge in [-0.1, -0.05) is 13.3 Å². The Morgan fingerprint density at radius 3 is 2.72 bits per heavy atom. The van der Waals surface area contributed by atoms with E-state index in [9.17, 15) is 9.59 Å². The van der Waals surface area contributed by atoms with Crippen LogP contribution in [0.2, 0.25) is 0 Å². The minimum atomic E-state index is 0.0515. The first-order valence-electron chi connectivity index (χ1n) is 6.95. The number of carbonyl (C=O) groups is 2. The van der Waals surface area contributed by atoms with Gasteiger partial charge in [0.15, 0.2) is 0 Å². The van der Waals surface area contributed by atoms with E-state index >= 15 is 0 Å². The molecule has 0 atom stereocenters. The highest BCUT2D eigenvalue weighted by Gasteiger charge is 2.41. The quantitative estimate of drug-likeness (QED) is 0.740. The summed E-state index contributed by atoms with van der Waals surface area (Å²) < 4.78 is 0. The molecular formula is C13H23N3O2. The Bertz CT molecular complexity index is 322. The van der Waals surface area contributed by atoms with Crippen molar-refractivity contribution in [1.82, 2.24) is 15.5 Å². The van der Waals surface area contributed by atoms with Gasteiger partial charge in [0.25, 0.3) is 0 Å². The van der Waals surface area contributed by atoms with Crippen molar-refractivity contribution in [1.29, 1.82) is 0 Å². The molecule has 2 fully saturated rings. The van der Waals surface area contributed by atoms with Crippen molar-refractivity contribution >= 4 is 11.9 Å². The molecule has 2 N–H and O–H groups in total. The van der Waals surface area contributed by atoms with Crippen molar-refractivity contribution in [2.75, 3.05) is 26.2 Å². The summed E-state index contributed by atoms with van der Waals surface area (Å²) in [6.07, 6.45) is 4.64. The van der Waals surface area contributed by atoms with Gasteiger partial charge in [0.2, 0.25) is 5.91 Å². The average molecular weight is 253 g/mol. The maximum Gasteiger partial charge on any atom is 0.317 e. The Kier molecular flexibility index (Phi) is 4.09. The third kappa shape index (κ3) is 2.94. The van der Waals surface area contributed by atoms with Crippen molar-refractivity contribution < 1.29 is 9.59 Å². The van der Waals surface area contributed by atoms with E-state index in [4.69, 9.17) is 0 Å². The topological polar surface area (TPSA) is 61.4 Å². The summed E-state index contributed by atoms with van der Waals surface area (Å²) in [5.41, 5.74) is 0.122. The van der Waals surface area contributed by atoms with E-state index in [1.807, 2.05) is 4.90 Å². The van der Waals surface area contributed by atoms with Crippen LogP contribution in [0.4, 0.5) is 4.79 Å². The molecule has 2 aliphatic rings. The van der Waals surface area contributed by atoms with Crippen molar-refractivity contribution in [2.24, 2.45) is 5.41 Å². The summed E-state index contributed by atoms with van der Waals surface area (Å²) in [6.45, 7) is 5.20. The lowest BCUT2D eigenvalue weighted by Crippen LogP contribution is -2.48. The number of hydrogen-bond donors (Lipinski definition) is 2. The van der Waals surface area contributed by atoms with Crippen LogP contribution in [0.5, 0.6) is 0 Å². The van der Waals surface area contributed by atoms with Gasteiger partial charge in [-0.2, -0.15) is 0 Å². The number of amides is 3. The van der Waals surface area contributed by atoms with Crippen molar-refractivity contribution in [3.63, 3.8) is 0 Å². The van der Waals surface area contributed by atoms with Crippen LogP contribution in [-0.4, -0.2) is 43.0 Å². The molecule has 102 valence electrons. The molecule has 0 unspecified atom stereocenters. The Hall–Kier alpha value is -1.26. The predicted octanol–water partition coefficient (Wildman–Crippen LogP) is 1.10. The lowest BCUT2D eigenvalue weighted by Gasteiger charge is -2.38. The second-order valence-electron chi connectivity index (χ2n) is 5.53. The summed E-state index contributed by atoms with van der Waals surface area (Å²) in [4.78, 5) is 25.1. The minimum Gasteiger partial charge on any atom is -0.356 e. The first kappa shape index (κ1) is 13.2. The van der Waals surface area contributed by atoms with E-state index in [-0.39, 0.29) is 17.4 Å². The van der Waals surface area contributed by atoms with Crippen LogP contribution in [0.1, 0.15) is 39.0 Å². The Morgan fingerprint density at radius 2 is 2.17 bits per heavy atom. The standard InChI is InChI=1S/C13H23N3O2/c1-2-3-6-14-12(18)16-7-4-13(5-8-16)9-11(17)15-10-13/h2-10H2,1H3,(H,14,18)(H,15,17). The second kappa shape index (κ2) is 5.59. The van der Waals surface area contributed by atoms with Crippen LogP contribution in [0.25, 0.3) is 0 Å². The van der Waals surface area contributed by atoms with E-state index in [0.717, 1.165) is 51.9 Å². The van der Waals surface area contributed by atoms with E-state index < -0.39 is 0 Å². The Labute approximate surface area is 108 Å². The first-order valence-corrected chi connectivity index (χ1v) is 6.95. The number of nitrogens with one attached hydrogen (secondary N) is 2. The highest BCUT2D eigenvalue weighted by atomic mass is 16.2. The number of piperidine rings is 1. The van der Waals surface area contributed by atoms with Crippen LogP contribution >= 0.6 is 0 Å². The lowest BCUT2D eigenvalue weighted by molar-refractivity contribution is -0.119. The molecule has 2 aliphatic heterocycles. The Balaban J connectivity index is 1.76. The van der Waals surface area contributed by atoms with Crippen LogP contribution < -0.4 is 10.6 Å². The van der Waals surface area contributed by atoms with Gasteiger partial charge in [0, 0.05) is 32.6 Å². The van der Waals surface area contributed by atoms with Gasteiger partial charge >= 0.3 is 6.03 Å². The fraction of sp³-hybridized carbons (Fsp3) is 0.846. The fourth-order valence-corrected chi connectivity index (χ4v) is 2.77. The number of urea groups is 1. The zero-order chi connectivity index (χ0) is 13.0. The third-order valence-corrected chi connectivity index (χ3v) is 4.11. The average Bonchev–Trinajstić information content (AvgIpc) is 2.72. The van der Waals surface area contributed by atoms with Gasteiger partial charge in [-0.3, -0.25) is 4.79 Å². The Morgan fingerprint density at radius 1 is 1.44 bits per heavy atom. The molecule has 3 amide bonds. The highest BCUT2D eigenvalue weighted by Crippen LogP contribution is 2.37. The van der Waals surface area contributed by atoms with Crippen molar-refractivity contribution in [3.05, 3.63) is 0 Å². The molecule has 5 nitrogen and oxygen atoms in total. The van der Waals surface area contributed by atoms with Crippen LogP contribution in [-0.2, 0) is 4.79 Å². The number of nitrogens with zero attached hydrogens (tertiary/aromatic N) is 1. The molecule has 0 bridgehead atoms. The first-order chi connectivity index (χ1) is 8.65. The molecule has 0 aliphatic carbocycles. The monoisotopic (exact) mass is 253 g/mol. The summed E-state index contributed by atoms with van der Waals surface area (Å²) in [5, 5.41) is 5.85. The molecule has 0 aromatic rings.